The SMILES string of the molecule is O=C1c2ccccc2C(=O)N1CCCOc1ccc(CN2CCCCC2)cc1. The minimum atomic E-state index is -0.206. The molecule has 2 aliphatic heterocycles. The molecular weight excluding hydrogens is 352 g/mol. The number of imide groups is 1. The Labute approximate surface area is 165 Å². The van der Waals surface area contributed by atoms with Gasteiger partial charge < -0.3 is 4.74 Å². The van der Waals surface area contributed by atoms with Gasteiger partial charge in [-0.1, -0.05) is 30.7 Å². The standard InChI is InChI=1S/C23H26N2O3/c26-22-20-7-2-3-8-21(20)23(27)25(22)15-6-16-28-19-11-9-18(10-12-19)17-24-13-4-1-5-14-24/h2-3,7-12H,1,4-6,13-17H2. The number of carbonyl (C=O) groups excluding carboxylic acids is 2. The Morgan fingerprint density at radius 3 is 2.11 bits per heavy atom. The molecule has 0 N–H and O–H groups in total. The molecule has 0 aromatic heterocycles. The van der Waals surface area contributed by atoms with Crippen LogP contribution in [-0.4, -0.2) is 47.9 Å². The van der Waals surface area contributed by atoms with E-state index in [9.17, 15) is 9.59 Å². The number of fused-ring (bicyclic) bond motifs is 1. The predicted octanol–water partition coefficient (Wildman–Crippen LogP) is 3.74. The van der Waals surface area contributed by atoms with Crippen molar-refractivity contribution in [2.45, 2.75) is 32.2 Å². The third-order valence-corrected chi connectivity index (χ3v) is 5.45. The normalized spacial score (nSPS) is 17.1. The van der Waals surface area contributed by atoms with Gasteiger partial charge >= 0.3 is 0 Å². The second-order valence-corrected chi connectivity index (χ2v) is 7.49. The van der Waals surface area contributed by atoms with Crippen molar-refractivity contribution in [3.8, 4) is 5.75 Å². The molecule has 5 heteroatoms. The monoisotopic (exact) mass is 378 g/mol. The summed E-state index contributed by atoms with van der Waals surface area (Å²) in [5.41, 5.74) is 2.30. The number of ether oxygens (including phenoxy) is 1. The molecule has 1 saturated heterocycles. The molecule has 1 fully saturated rings. The Morgan fingerprint density at radius 1 is 0.821 bits per heavy atom. The van der Waals surface area contributed by atoms with E-state index in [1.54, 1.807) is 24.3 Å². The van der Waals surface area contributed by atoms with Crippen LogP contribution >= 0.6 is 0 Å². The number of benzene rings is 2. The fourth-order valence-electron chi connectivity index (χ4n) is 3.92. The highest BCUT2D eigenvalue weighted by molar-refractivity contribution is 6.21. The highest BCUT2D eigenvalue weighted by Gasteiger charge is 2.34. The van der Waals surface area contributed by atoms with E-state index >= 15 is 0 Å². The van der Waals surface area contributed by atoms with Crippen molar-refractivity contribution in [2.75, 3.05) is 26.2 Å². The summed E-state index contributed by atoms with van der Waals surface area (Å²) in [6.07, 6.45) is 4.56. The van der Waals surface area contributed by atoms with Crippen LogP contribution in [0.5, 0.6) is 5.75 Å². The molecule has 0 saturated carbocycles. The van der Waals surface area contributed by atoms with E-state index in [1.807, 2.05) is 12.1 Å². The Hall–Kier alpha value is -2.66. The quantitative estimate of drug-likeness (QED) is 0.544. The van der Waals surface area contributed by atoms with Crippen molar-refractivity contribution < 1.29 is 14.3 Å². The molecule has 28 heavy (non-hydrogen) atoms. The summed E-state index contributed by atoms with van der Waals surface area (Å²) < 4.78 is 5.80. The van der Waals surface area contributed by atoms with Crippen LogP contribution in [-0.2, 0) is 6.54 Å². The van der Waals surface area contributed by atoms with Crippen molar-refractivity contribution in [3.63, 3.8) is 0 Å². The van der Waals surface area contributed by atoms with Crippen molar-refractivity contribution in [1.82, 2.24) is 9.80 Å². The smallest absolute Gasteiger partial charge is 0.261 e. The third-order valence-electron chi connectivity index (χ3n) is 5.45. The fourth-order valence-corrected chi connectivity index (χ4v) is 3.92. The summed E-state index contributed by atoms with van der Waals surface area (Å²) in [7, 11) is 0. The first kappa shape index (κ1) is 18.7. The predicted molar refractivity (Wildman–Crippen MR) is 107 cm³/mol. The van der Waals surface area contributed by atoms with Gasteiger partial charge in [-0.05, 0) is 62.2 Å². The lowest BCUT2D eigenvalue weighted by molar-refractivity contribution is 0.0647. The number of amides is 2. The number of rotatable bonds is 7. The number of hydrogen-bond donors (Lipinski definition) is 0. The van der Waals surface area contributed by atoms with Crippen LogP contribution in [0.3, 0.4) is 0 Å². The van der Waals surface area contributed by atoms with Crippen molar-refractivity contribution in [1.29, 1.82) is 0 Å². The molecule has 5 nitrogen and oxygen atoms in total. The Bertz CT molecular complexity index is 806. The van der Waals surface area contributed by atoms with Gasteiger partial charge in [-0.25, -0.2) is 0 Å². The molecular formula is C23H26N2O3. The van der Waals surface area contributed by atoms with Crippen LogP contribution in [0.15, 0.2) is 48.5 Å². The summed E-state index contributed by atoms with van der Waals surface area (Å²) in [5, 5.41) is 0. The van der Waals surface area contributed by atoms with Crippen LogP contribution in [0.2, 0.25) is 0 Å². The number of carbonyl (C=O) groups is 2. The summed E-state index contributed by atoms with van der Waals surface area (Å²) >= 11 is 0. The summed E-state index contributed by atoms with van der Waals surface area (Å²) in [4.78, 5) is 28.5. The largest absolute Gasteiger partial charge is 0.494 e. The lowest BCUT2D eigenvalue weighted by Crippen LogP contribution is -2.31. The van der Waals surface area contributed by atoms with E-state index in [-0.39, 0.29) is 11.8 Å². The highest BCUT2D eigenvalue weighted by Crippen LogP contribution is 2.22. The molecule has 2 aliphatic rings. The van der Waals surface area contributed by atoms with Crippen molar-refractivity contribution in [2.24, 2.45) is 0 Å². The van der Waals surface area contributed by atoms with Crippen LogP contribution in [0.1, 0.15) is 52.0 Å². The van der Waals surface area contributed by atoms with Crippen LogP contribution < -0.4 is 4.74 Å². The van der Waals surface area contributed by atoms with Gasteiger partial charge in [0.25, 0.3) is 11.8 Å². The Morgan fingerprint density at radius 2 is 1.46 bits per heavy atom. The number of hydrogen-bond acceptors (Lipinski definition) is 4. The summed E-state index contributed by atoms with van der Waals surface area (Å²) in [6, 6.07) is 15.2. The lowest BCUT2D eigenvalue weighted by Gasteiger charge is -2.26. The van der Waals surface area contributed by atoms with Gasteiger partial charge in [-0.2, -0.15) is 0 Å². The first-order chi connectivity index (χ1) is 13.7. The zero-order valence-electron chi connectivity index (χ0n) is 16.1. The maximum Gasteiger partial charge on any atom is 0.261 e. The first-order valence-electron chi connectivity index (χ1n) is 10.1. The topological polar surface area (TPSA) is 49.9 Å². The highest BCUT2D eigenvalue weighted by atomic mass is 16.5. The maximum atomic E-state index is 12.3. The Kier molecular flexibility index (Phi) is 5.72. The van der Waals surface area contributed by atoms with E-state index in [2.05, 4.69) is 17.0 Å². The molecule has 0 unspecified atom stereocenters. The summed E-state index contributed by atoms with van der Waals surface area (Å²) in [6.45, 7) is 4.23. The van der Waals surface area contributed by atoms with Gasteiger partial charge in [-0.15, -0.1) is 0 Å². The van der Waals surface area contributed by atoms with Gasteiger partial charge in [0.15, 0.2) is 0 Å². The molecule has 0 atom stereocenters. The average Bonchev–Trinajstić information content (AvgIpc) is 2.98. The third kappa shape index (κ3) is 4.09. The molecule has 146 valence electrons. The second kappa shape index (κ2) is 8.57. The van der Waals surface area contributed by atoms with Gasteiger partial charge in [0.2, 0.25) is 0 Å². The Balaban J connectivity index is 1.22. The maximum absolute atomic E-state index is 12.3. The molecule has 0 aliphatic carbocycles. The van der Waals surface area contributed by atoms with E-state index < -0.39 is 0 Å². The molecule has 2 heterocycles. The van der Waals surface area contributed by atoms with E-state index in [0.29, 0.717) is 30.7 Å². The zero-order valence-corrected chi connectivity index (χ0v) is 16.1. The molecule has 4 rings (SSSR count). The number of nitrogens with zero attached hydrogens (tertiary/aromatic N) is 2. The minimum absolute atomic E-state index is 0.206. The van der Waals surface area contributed by atoms with E-state index in [1.165, 1.54) is 42.8 Å². The van der Waals surface area contributed by atoms with E-state index in [0.717, 1.165) is 12.3 Å². The van der Waals surface area contributed by atoms with Gasteiger partial charge in [-0.3, -0.25) is 19.4 Å². The fraction of sp³-hybridized carbons (Fsp3) is 0.391. The summed E-state index contributed by atoms with van der Waals surface area (Å²) in [5.74, 6) is 0.412. The molecule has 0 bridgehead atoms. The van der Waals surface area contributed by atoms with E-state index in [4.69, 9.17) is 4.74 Å². The van der Waals surface area contributed by atoms with Crippen LogP contribution in [0, 0.1) is 0 Å². The lowest BCUT2D eigenvalue weighted by atomic mass is 10.1. The molecule has 2 aromatic rings. The van der Waals surface area contributed by atoms with Crippen LogP contribution in [0.25, 0.3) is 0 Å². The van der Waals surface area contributed by atoms with Gasteiger partial charge in [0.05, 0.1) is 17.7 Å². The molecule has 0 radical (unpaired) electrons. The van der Waals surface area contributed by atoms with Gasteiger partial charge in [0, 0.05) is 13.1 Å². The second-order valence-electron chi connectivity index (χ2n) is 7.49. The zero-order chi connectivity index (χ0) is 19.3. The van der Waals surface area contributed by atoms with Gasteiger partial charge in [0.1, 0.15) is 5.75 Å². The number of likely N-dealkylation sites (tertiary alicyclic amines) is 1. The average molecular weight is 378 g/mol. The van der Waals surface area contributed by atoms with Crippen LogP contribution in [0.4, 0.5) is 0 Å². The molecule has 0 spiro atoms. The van der Waals surface area contributed by atoms with Crippen molar-refractivity contribution in [3.05, 3.63) is 65.2 Å². The molecule has 2 aromatic carbocycles. The van der Waals surface area contributed by atoms with Crippen molar-refractivity contribution >= 4 is 11.8 Å². The minimum Gasteiger partial charge on any atom is -0.494 e. The first-order valence-corrected chi connectivity index (χ1v) is 10.1. The number of piperidine rings is 1. The molecule has 2 amide bonds.